The van der Waals surface area contributed by atoms with Crippen LogP contribution in [0, 0.1) is 5.92 Å². The van der Waals surface area contributed by atoms with Gasteiger partial charge >= 0.3 is 6.03 Å². The van der Waals surface area contributed by atoms with E-state index in [1.807, 2.05) is 34.0 Å². The van der Waals surface area contributed by atoms with Crippen molar-refractivity contribution in [2.24, 2.45) is 5.92 Å². The molecule has 2 aromatic rings. The molecule has 4 fully saturated rings. The first kappa shape index (κ1) is 17.0. The fourth-order valence-electron chi connectivity index (χ4n) is 5.13. The maximum Gasteiger partial charge on any atom is 0.322 e. The molecule has 2 amide bonds. The standard InChI is InChI=1S/C20H24ClN5O/c1-12-8-14-11-15(9-12)26(14)20(27)23-13-2-4-18(21)17(10-13)16-3-5-19(16)25-7-6-22-24-25/h2,4,6-7,10,12,14-16,19H,3,5,8-9,11H2,1H3,(H,23,27)/t12?,14?,15?,16?,19-/m1/s1. The van der Waals surface area contributed by atoms with Crippen molar-refractivity contribution in [2.45, 2.75) is 63.1 Å². The summed E-state index contributed by atoms with van der Waals surface area (Å²) in [5.74, 6) is 1.03. The maximum atomic E-state index is 12.8. The molecule has 142 valence electrons. The van der Waals surface area contributed by atoms with Crippen LogP contribution in [-0.4, -0.2) is 38.0 Å². The van der Waals surface area contributed by atoms with E-state index in [4.69, 9.17) is 11.6 Å². The van der Waals surface area contributed by atoms with Crippen LogP contribution in [0.1, 0.15) is 56.6 Å². The van der Waals surface area contributed by atoms with Gasteiger partial charge in [0.1, 0.15) is 0 Å². The number of fused-ring (bicyclic) bond motifs is 2. The summed E-state index contributed by atoms with van der Waals surface area (Å²) in [7, 11) is 0. The Morgan fingerprint density at radius 1 is 1.22 bits per heavy atom. The first-order chi connectivity index (χ1) is 13.1. The molecular weight excluding hydrogens is 362 g/mol. The highest BCUT2D eigenvalue weighted by molar-refractivity contribution is 6.31. The van der Waals surface area contributed by atoms with Crippen LogP contribution in [0.5, 0.6) is 0 Å². The number of urea groups is 1. The van der Waals surface area contributed by atoms with E-state index in [9.17, 15) is 4.79 Å². The lowest BCUT2D eigenvalue weighted by Crippen LogP contribution is -2.63. The third kappa shape index (κ3) is 2.90. The SMILES string of the molecule is CC1CC2CC(C1)N2C(=O)Nc1ccc(Cl)c(C2CC[C@H]2n2ccnn2)c1. The normalized spacial score (nSPS) is 31.8. The minimum absolute atomic E-state index is 0.0258. The summed E-state index contributed by atoms with van der Waals surface area (Å²) in [4.78, 5) is 14.8. The number of hydrogen-bond donors (Lipinski definition) is 1. The predicted molar refractivity (Wildman–Crippen MR) is 104 cm³/mol. The number of carbonyl (C=O) groups is 1. The highest BCUT2D eigenvalue weighted by atomic mass is 35.5. The third-order valence-electron chi connectivity index (χ3n) is 6.58. The largest absolute Gasteiger partial charge is 0.322 e. The number of nitrogens with zero attached hydrogens (tertiary/aromatic N) is 4. The van der Waals surface area contributed by atoms with E-state index in [0.717, 1.165) is 54.3 Å². The second kappa shape index (κ2) is 6.51. The van der Waals surface area contributed by atoms with Gasteiger partial charge in [0.25, 0.3) is 0 Å². The molecule has 3 unspecified atom stereocenters. The zero-order valence-electron chi connectivity index (χ0n) is 15.4. The molecule has 2 saturated carbocycles. The van der Waals surface area contributed by atoms with Crippen LogP contribution in [0.4, 0.5) is 10.5 Å². The summed E-state index contributed by atoms with van der Waals surface area (Å²) in [5.41, 5.74) is 1.90. The Kier molecular flexibility index (Phi) is 4.11. The molecule has 7 heteroatoms. The van der Waals surface area contributed by atoms with Crippen molar-refractivity contribution < 1.29 is 4.79 Å². The first-order valence-corrected chi connectivity index (χ1v) is 10.2. The van der Waals surface area contributed by atoms with Crippen LogP contribution in [0.25, 0.3) is 0 Å². The Bertz CT molecular complexity index is 842. The van der Waals surface area contributed by atoms with Crippen LogP contribution in [0.3, 0.4) is 0 Å². The lowest BCUT2D eigenvalue weighted by molar-refractivity contribution is -0.00601. The Balaban J connectivity index is 1.32. The van der Waals surface area contributed by atoms with Gasteiger partial charge in [0, 0.05) is 34.9 Å². The number of amides is 2. The number of anilines is 1. The predicted octanol–water partition coefficient (Wildman–Crippen LogP) is 4.45. The van der Waals surface area contributed by atoms with Crippen molar-refractivity contribution >= 4 is 23.3 Å². The molecule has 4 atom stereocenters. The van der Waals surface area contributed by atoms with Crippen molar-refractivity contribution in [1.82, 2.24) is 19.9 Å². The molecule has 27 heavy (non-hydrogen) atoms. The lowest BCUT2D eigenvalue weighted by atomic mass is 9.74. The second-order valence-corrected chi connectivity index (χ2v) is 8.74. The lowest BCUT2D eigenvalue weighted by Gasteiger charge is -2.54. The van der Waals surface area contributed by atoms with E-state index in [2.05, 4.69) is 22.6 Å². The van der Waals surface area contributed by atoms with Crippen LogP contribution in [0.15, 0.2) is 30.6 Å². The van der Waals surface area contributed by atoms with E-state index in [-0.39, 0.29) is 12.1 Å². The minimum Gasteiger partial charge on any atom is -0.318 e. The topological polar surface area (TPSA) is 63.1 Å². The summed E-state index contributed by atoms with van der Waals surface area (Å²) >= 11 is 6.49. The van der Waals surface area contributed by atoms with Crippen molar-refractivity contribution in [2.75, 3.05) is 5.32 Å². The molecule has 6 nitrogen and oxygen atoms in total. The molecule has 1 aromatic carbocycles. The van der Waals surface area contributed by atoms with E-state index < -0.39 is 0 Å². The number of hydrogen-bond acceptors (Lipinski definition) is 3. The third-order valence-corrected chi connectivity index (χ3v) is 6.92. The first-order valence-electron chi connectivity index (χ1n) is 9.84. The van der Waals surface area contributed by atoms with Crippen LogP contribution in [-0.2, 0) is 0 Å². The van der Waals surface area contributed by atoms with Gasteiger partial charge < -0.3 is 10.2 Å². The Hall–Kier alpha value is -2.08. The van der Waals surface area contributed by atoms with Gasteiger partial charge in [-0.1, -0.05) is 23.7 Å². The molecular formula is C20H24ClN5O. The van der Waals surface area contributed by atoms with E-state index in [0.29, 0.717) is 18.0 Å². The quantitative estimate of drug-likeness (QED) is 0.848. The van der Waals surface area contributed by atoms with Crippen LogP contribution in [0.2, 0.25) is 5.02 Å². The van der Waals surface area contributed by atoms with Gasteiger partial charge in [0.05, 0.1) is 12.2 Å². The van der Waals surface area contributed by atoms with Crippen molar-refractivity contribution in [3.05, 3.63) is 41.2 Å². The molecule has 1 aromatic heterocycles. The average molecular weight is 386 g/mol. The summed E-state index contributed by atoms with van der Waals surface area (Å²) in [6.45, 7) is 2.28. The number of aromatic nitrogens is 3. The molecule has 2 bridgehead atoms. The van der Waals surface area contributed by atoms with E-state index in [1.54, 1.807) is 6.20 Å². The molecule has 2 aliphatic heterocycles. The van der Waals surface area contributed by atoms with Crippen molar-refractivity contribution in [3.8, 4) is 0 Å². The molecule has 1 N–H and O–H groups in total. The number of nitrogens with one attached hydrogen (secondary N) is 1. The summed E-state index contributed by atoms with van der Waals surface area (Å²) in [6.07, 6.45) is 9.14. The summed E-state index contributed by atoms with van der Waals surface area (Å²) < 4.78 is 1.91. The average Bonchev–Trinajstić information content (AvgIpc) is 3.10. The minimum atomic E-state index is 0.0258. The Morgan fingerprint density at radius 3 is 2.70 bits per heavy atom. The van der Waals surface area contributed by atoms with Crippen molar-refractivity contribution in [3.63, 3.8) is 0 Å². The monoisotopic (exact) mass is 385 g/mol. The van der Waals surface area contributed by atoms with Gasteiger partial charge in [-0.25, -0.2) is 9.48 Å². The van der Waals surface area contributed by atoms with Gasteiger partial charge in [-0.15, -0.1) is 5.10 Å². The molecule has 0 spiro atoms. The maximum absolute atomic E-state index is 12.8. The molecule has 2 aliphatic carbocycles. The highest BCUT2D eigenvalue weighted by Crippen LogP contribution is 2.48. The molecule has 2 saturated heterocycles. The molecule has 0 radical (unpaired) electrons. The van der Waals surface area contributed by atoms with Gasteiger partial charge in [-0.3, -0.25) is 0 Å². The fourth-order valence-corrected chi connectivity index (χ4v) is 5.39. The van der Waals surface area contributed by atoms with E-state index in [1.165, 1.54) is 0 Å². The van der Waals surface area contributed by atoms with Crippen LogP contribution < -0.4 is 5.32 Å². The van der Waals surface area contributed by atoms with Gasteiger partial charge in [0.2, 0.25) is 0 Å². The molecule has 4 aliphatic rings. The number of benzene rings is 1. The Labute approximate surface area is 163 Å². The molecule has 6 rings (SSSR count). The van der Waals surface area contributed by atoms with Gasteiger partial charge in [-0.2, -0.15) is 0 Å². The van der Waals surface area contributed by atoms with Crippen LogP contribution >= 0.6 is 11.6 Å². The number of rotatable bonds is 3. The number of halogens is 1. The number of piperidine rings is 1. The second-order valence-electron chi connectivity index (χ2n) is 8.33. The highest BCUT2D eigenvalue weighted by Gasteiger charge is 2.46. The zero-order chi connectivity index (χ0) is 18.5. The molecule has 3 heterocycles. The smallest absolute Gasteiger partial charge is 0.318 e. The van der Waals surface area contributed by atoms with Crippen molar-refractivity contribution in [1.29, 1.82) is 0 Å². The summed E-state index contributed by atoms with van der Waals surface area (Å²) in [5, 5.41) is 11.9. The van der Waals surface area contributed by atoms with Gasteiger partial charge in [-0.05, 0) is 61.8 Å². The fraction of sp³-hybridized carbons (Fsp3) is 0.550. The summed E-state index contributed by atoms with van der Waals surface area (Å²) in [6, 6.07) is 6.95. The number of carbonyl (C=O) groups excluding carboxylic acids is 1. The zero-order valence-corrected chi connectivity index (χ0v) is 16.1. The van der Waals surface area contributed by atoms with E-state index >= 15 is 0 Å². The van der Waals surface area contributed by atoms with Gasteiger partial charge in [0.15, 0.2) is 0 Å². The Morgan fingerprint density at radius 2 is 2.04 bits per heavy atom.